The van der Waals surface area contributed by atoms with Crippen molar-refractivity contribution in [3.8, 4) is 11.3 Å². The molecule has 1 aromatic carbocycles. The molecule has 30 heavy (non-hydrogen) atoms. The van der Waals surface area contributed by atoms with Crippen molar-refractivity contribution in [1.82, 2.24) is 20.1 Å². The van der Waals surface area contributed by atoms with Crippen molar-refractivity contribution in [1.29, 1.82) is 0 Å². The quantitative estimate of drug-likeness (QED) is 0.790. The molecule has 0 bridgehead atoms. The third kappa shape index (κ3) is 3.50. The molecule has 1 unspecified atom stereocenters. The number of aromatic nitrogens is 1. The summed E-state index contributed by atoms with van der Waals surface area (Å²) in [6.45, 7) is 3.60. The average Bonchev–Trinajstić information content (AvgIpc) is 3.36. The Labute approximate surface area is 175 Å². The molecule has 4 heterocycles. The molecule has 5 rings (SSSR count). The molecule has 1 N–H and O–H groups in total. The molecule has 0 saturated carbocycles. The minimum absolute atomic E-state index is 0.151. The van der Waals surface area contributed by atoms with E-state index in [9.17, 15) is 14.4 Å². The number of amides is 3. The van der Waals surface area contributed by atoms with Crippen LogP contribution in [0.4, 0.5) is 0 Å². The van der Waals surface area contributed by atoms with Gasteiger partial charge >= 0.3 is 0 Å². The summed E-state index contributed by atoms with van der Waals surface area (Å²) in [5, 5.41) is 2.34. The van der Waals surface area contributed by atoms with Crippen LogP contribution >= 0.6 is 0 Å². The summed E-state index contributed by atoms with van der Waals surface area (Å²) in [6.07, 6.45) is 5.00. The van der Waals surface area contributed by atoms with Gasteiger partial charge in [0.05, 0.1) is 5.69 Å². The van der Waals surface area contributed by atoms with Crippen LogP contribution in [0.1, 0.15) is 47.2 Å². The van der Waals surface area contributed by atoms with Crippen LogP contribution < -0.4 is 5.32 Å². The van der Waals surface area contributed by atoms with Crippen LogP contribution in [0.3, 0.4) is 0 Å². The van der Waals surface area contributed by atoms with Gasteiger partial charge in [-0.2, -0.15) is 0 Å². The lowest BCUT2D eigenvalue weighted by Crippen LogP contribution is -2.52. The molecule has 0 spiro atoms. The lowest BCUT2D eigenvalue weighted by molar-refractivity contribution is -0.136. The lowest BCUT2D eigenvalue weighted by atomic mass is 10.0. The second kappa shape index (κ2) is 7.65. The molecule has 3 aliphatic heterocycles. The maximum atomic E-state index is 12.9. The average molecular weight is 404 g/mol. The highest BCUT2D eigenvalue weighted by molar-refractivity contribution is 6.05. The largest absolute Gasteiger partial charge is 0.322 e. The smallest absolute Gasteiger partial charge is 0.255 e. The maximum absolute atomic E-state index is 12.9. The van der Waals surface area contributed by atoms with E-state index in [4.69, 9.17) is 0 Å². The van der Waals surface area contributed by atoms with Gasteiger partial charge < -0.3 is 4.90 Å². The van der Waals surface area contributed by atoms with E-state index in [0.29, 0.717) is 18.5 Å². The molecule has 0 aliphatic carbocycles. The molecule has 154 valence electrons. The zero-order valence-electron chi connectivity index (χ0n) is 16.8. The third-order valence-electron chi connectivity index (χ3n) is 6.25. The van der Waals surface area contributed by atoms with Crippen molar-refractivity contribution in [3.63, 3.8) is 0 Å². The second-order valence-corrected chi connectivity index (χ2v) is 8.30. The summed E-state index contributed by atoms with van der Waals surface area (Å²) >= 11 is 0. The second-order valence-electron chi connectivity index (χ2n) is 8.30. The first kappa shape index (κ1) is 18.9. The molecule has 3 amide bonds. The van der Waals surface area contributed by atoms with Crippen molar-refractivity contribution < 1.29 is 14.4 Å². The van der Waals surface area contributed by atoms with Crippen molar-refractivity contribution in [2.24, 2.45) is 0 Å². The normalized spacial score (nSPS) is 21.8. The van der Waals surface area contributed by atoms with E-state index in [1.54, 1.807) is 4.90 Å². The van der Waals surface area contributed by atoms with E-state index in [1.807, 2.05) is 24.4 Å². The number of hydrogen-bond donors (Lipinski definition) is 1. The minimum atomic E-state index is -0.590. The van der Waals surface area contributed by atoms with E-state index < -0.39 is 6.04 Å². The highest BCUT2D eigenvalue weighted by atomic mass is 16.2. The first-order chi connectivity index (χ1) is 14.6. The summed E-state index contributed by atoms with van der Waals surface area (Å²) in [7, 11) is 0. The SMILES string of the molecule is O=C1CCC(N2Cc3cc(-c4cc(CN5CCCC5)ccn4)ccc3C2=O)C(=O)N1. The Hall–Kier alpha value is -3.06. The van der Waals surface area contributed by atoms with Gasteiger partial charge in [-0.15, -0.1) is 0 Å². The van der Waals surface area contributed by atoms with Crippen LogP contribution in [0.2, 0.25) is 0 Å². The Balaban J connectivity index is 1.37. The molecule has 2 fully saturated rings. The summed E-state index contributed by atoms with van der Waals surface area (Å²) in [6, 6.07) is 9.34. The summed E-state index contributed by atoms with van der Waals surface area (Å²) in [5.41, 5.74) is 4.62. The Bertz CT molecular complexity index is 1030. The van der Waals surface area contributed by atoms with Gasteiger partial charge in [0.1, 0.15) is 6.04 Å². The Kier molecular flexibility index (Phi) is 4.83. The number of carbonyl (C=O) groups is 3. The van der Waals surface area contributed by atoms with Gasteiger partial charge in [0, 0.05) is 36.8 Å². The molecule has 7 nitrogen and oxygen atoms in total. The molecule has 1 aromatic heterocycles. The van der Waals surface area contributed by atoms with Crippen molar-refractivity contribution in [2.45, 2.75) is 44.8 Å². The zero-order chi connectivity index (χ0) is 20.7. The predicted molar refractivity (Wildman–Crippen MR) is 110 cm³/mol. The Morgan fingerprint density at radius 3 is 2.70 bits per heavy atom. The number of likely N-dealkylation sites (tertiary alicyclic amines) is 1. The van der Waals surface area contributed by atoms with Crippen molar-refractivity contribution >= 4 is 17.7 Å². The number of pyridine rings is 1. The summed E-state index contributed by atoms with van der Waals surface area (Å²) < 4.78 is 0. The zero-order valence-corrected chi connectivity index (χ0v) is 16.8. The Morgan fingerprint density at radius 1 is 1.07 bits per heavy atom. The molecular formula is C23H24N4O3. The number of hydrogen-bond acceptors (Lipinski definition) is 5. The van der Waals surface area contributed by atoms with Gasteiger partial charge in [-0.3, -0.25) is 29.6 Å². The van der Waals surface area contributed by atoms with Gasteiger partial charge in [0.25, 0.3) is 5.91 Å². The van der Waals surface area contributed by atoms with Gasteiger partial charge in [0.2, 0.25) is 11.8 Å². The molecule has 2 saturated heterocycles. The van der Waals surface area contributed by atoms with Gasteiger partial charge in [-0.05, 0) is 67.7 Å². The first-order valence-electron chi connectivity index (χ1n) is 10.5. The molecule has 2 aromatic rings. The number of imide groups is 1. The van der Waals surface area contributed by atoms with Crippen LogP contribution in [-0.4, -0.2) is 51.6 Å². The number of carbonyl (C=O) groups excluding carboxylic acids is 3. The van der Waals surface area contributed by atoms with E-state index in [1.165, 1.54) is 18.4 Å². The molecule has 1 atom stereocenters. The number of rotatable bonds is 4. The fraction of sp³-hybridized carbons (Fsp3) is 0.391. The predicted octanol–water partition coefficient (Wildman–Crippen LogP) is 2.11. The number of nitrogens with zero attached hydrogens (tertiary/aromatic N) is 3. The van der Waals surface area contributed by atoms with E-state index in [2.05, 4.69) is 27.3 Å². The van der Waals surface area contributed by atoms with Crippen LogP contribution in [0.25, 0.3) is 11.3 Å². The fourth-order valence-corrected chi connectivity index (χ4v) is 4.66. The minimum Gasteiger partial charge on any atom is -0.322 e. The van der Waals surface area contributed by atoms with Crippen molar-refractivity contribution in [2.75, 3.05) is 13.1 Å². The van der Waals surface area contributed by atoms with Crippen molar-refractivity contribution in [3.05, 3.63) is 53.2 Å². The van der Waals surface area contributed by atoms with Gasteiger partial charge in [-0.25, -0.2) is 0 Å². The molecule has 3 aliphatic rings. The number of fused-ring (bicyclic) bond motifs is 1. The van der Waals surface area contributed by atoms with E-state index >= 15 is 0 Å². The molecular weight excluding hydrogens is 380 g/mol. The lowest BCUT2D eigenvalue weighted by Gasteiger charge is -2.29. The van der Waals surface area contributed by atoms with Crippen LogP contribution in [0.15, 0.2) is 36.5 Å². The fourth-order valence-electron chi connectivity index (χ4n) is 4.66. The van der Waals surface area contributed by atoms with E-state index in [-0.39, 0.29) is 24.1 Å². The summed E-state index contributed by atoms with van der Waals surface area (Å²) in [5.74, 6) is -0.812. The van der Waals surface area contributed by atoms with Crippen LogP contribution in [-0.2, 0) is 22.7 Å². The highest BCUT2D eigenvalue weighted by Crippen LogP contribution is 2.31. The third-order valence-corrected chi connectivity index (χ3v) is 6.25. The van der Waals surface area contributed by atoms with E-state index in [0.717, 1.165) is 36.5 Å². The first-order valence-corrected chi connectivity index (χ1v) is 10.5. The topological polar surface area (TPSA) is 82.6 Å². The Morgan fingerprint density at radius 2 is 1.90 bits per heavy atom. The monoisotopic (exact) mass is 404 g/mol. The number of nitrogens with one attached hydrogen (secondary N) is 1. The highest BCUT2D eigenvalue weighted by Gasteiger charge is 2.39. The maximum Gasteiger partial charge on any atom is 0.255 e. The summed E-state index contributed by atoms with van der Waals surface area (Å²) in [4.78, 5) is 45.1. The van der Waals surface area contributed by atoms with Gasteiger partial charge in [0.15, 0.2) is 0 Å². The van der Waals surface area contributed by atoms with Crippen LogP contribution in [0, 0.1) is 0 Å². The molecule has 0 radical (unpaired) electrons. The number of piperidine rings is 1. The molecule has 7 heteroatoms. The standard InChI is InChI=1S/C23H24N4O3/c28-21-6-5-20(22(29)25-21)27-14-17-12-16(3-4-18(17)23(27)30)19-11-15(7-8-24-19)13-26-9-1-2-10-26/h3-4,7-8,11-12,20H,1-2,5-6,9-10,13-14H2,(H,25,28,29). The van der Waals surface area contributed by atoms with Crippen LogP contribution in [0.5, 0.6) is 0 Å². The number of benzene rings is 1. The van der Waals surface area contributed by atoms with Gasteiger partial charge in [-0.1, -0.05) is 6.07 Å².